The van der Waals surface area contributed by atoms with Gasteiger partial charge in [-0.25, -0.2) is 9.78 Å². The molecule has 2 heterocycles. The van der Waals surface area contributed by atoms with Crippen LogP contribution < -0.4 is 15.0 Å². The number of nitrogens with one attached hydrogen (secondary N) is 1. The predicted octanol–water partition coefficient (Wildman–Crippen LogP) is 3.87. The Morgan fingerprint density at radius 3 is 2.70 bits per heavy atom. The zero-order valence-electron chi connectivity index (χ0n) is 16.6. The van der Waals surface area contributed by atoms with E-state index in [1.54, 1.807) is 0 Å². The third kappa shape index (κ3) is 6.86. The van der Waals surface area contributed by atoms with Crippen LogP contribution in [0, 0.1) is 0 Å². The highest BCUT2D eigenvalue weighted by Crippen LogP contribution is 2.33. The Morgan fingerprint density at radius 1 is 1.37 bits per heavy atom. The molecule has 0 unspecified atom stereocenters. The Labute approximate surface area is 182 Å². The van der Waals surface area contributed by atoms with Gasteiger partial charge in [0.25, 0.3) is 0 Å². The van der Waals surface area contributed by atoms with Gasteiger partial charge < -0.3 is 14.8 Å². The minimum atomic E-state index is -4.76. The highest BCUT2D eigenvalue weighted by Gasteiger charge is 2.31. The molecule has 1 aliphatic heterocycles. The van der Waals surface area contributed by atoms with E-state index in [2.05, 4.69) is 19.9 Å². The zero-order chi connectivity index (χ0) is 21.0. The molecule has 3 rings (SSSR count). The Kier molecular flexibility index (Phi) is 8.53. The number of morpholine rings is 1. The molecule has 1 aliphatic rings. The number of anilines is 1. The van der Waals surface area contributed by atoms with E-state index < -0.39 is 6.36 Å². The Hall–Kier alpha value is -1.82. The number of fused-ring (bicyclic) bond motifs is 1. The average Bonchev–Trinajstić information content (AvgIpc) is 3.03. The summed E-state index contributed by atoms with van der Waals surface area (Å²) in [4.78, 5) is 20.9. The number of nitrogens with zero attached hydrogens (tertiary/aromatic N) is 3. The van der Waals surface area contributed by atoms with Crippen molar-refractivity contribution in [2.24, 2.45) is 0 Å². The van der Waals surface area contributed by atoms with E-state index in [0.717, 1.165) is 24.4 Å². The fourth-order valence-electron chi connectivity index (χ4n) is 2.88. The number of benzene rings is 1. The van der Waals surface area contributed by atoms with E-state index in [0.29, 0.717) is 41.7 Å². The van der Waals surface area contributed by atoms with Crippen molar-refractivity contribution < 1.29 is 27.4 Å². The van der Waals surface area contributed by atoms with Crippen LogP contribution in [0.5, 0.6) is 5.75 Å². The molecule has 2 amide bonds. The van der Waals surface area contributed by atoms with Crippen LogP contribution in [-0.4, -0.2) is 67.7 Å². The Bertz CT molecular complexity index is 844. The second-order valence-electron chi connectivity index (χ2n) is 6.88. The zero-order valence-corrected chi connectivity index (χ0v) is 18.2. The second kappa shape index (κ2) is 10.5. The van der Waals surface area contributed by atoms with Gasteiger partial charge in [0.15, 0.2) is 5.13 Å². The molecule has 0 atom stereocenters. The Balaban J connectivity index is 0.00000320. The van der Waals surface area contributed by atoms with E-state index in [4.69, 9.17) is 4.74 Å². The number of carbonyl (C=O) groups excluding carboxylic acids is 1. The molecule has 7 nitrogen and oxygen atoms in total. The van der Waals surface area contributed by atoms with Gasteiger partial charge in [-0.3, -0.25) is 9.80 Å². The summed E-state index contributed by atoms with van der Waals surface area (Å²) in [6, 6.07) is 3.60. The summed E-state index contributed by atoms with van der Waals surface area (Å²) in [6.07, 6.45) is -4.76. The standard InChI is InChI=1S/C18H23F3N4O3S.ClH/c1-12(2)22-16(26)25(6-5-24-7-9-27-10-8-24)17-23-14-4-3-13(11-15(14)29-17)28-18(19,20)21;/h3-4,11-12H,5-10H2,1-2H3,(H,22,26);1H. The van der Waals surface area contributed by atoms with Gasteiger partial charge in [0.05, 0.1) is 23.4 Å². The van der Waals surface area contributed by atoms with Gasteiger partial charge in [0.1, 0.15) is 5.75 Å². The number of thiazole rings is 1. The van der Waals surface area contributed by atoms with E-state index >= 15 is 0 Å². The first-order chi connectivity index (χ1) is 13.7. The third-order valence-electron chi connectivity index (χ3n) is 4.21. The van der Waals surface area contributed by atoms with Crippen molar-refractivity contribution in [1.29, 1.82) is 0 Å². The molecule has 1 saturated heterocycles. The van der Waals surface area contributed by atoms with Crippen LogP contribution in [0.15, 0.2) is 18.2 Å². The normalized spacial score (nSPS) is 15.1. The van der Waals surface area contributed by atoms with Crippen LogP contribution in [0.1, 0.15) is 13.8 Å². The minimum Gasteiger partial charge on any atom is -0.406 e. The molecule has 0 spiro atoms. The Morgan fingerprint density at radius 2 is 2.07 bits per heavy atom. The number of alkyl halides is 3. The molecule has 168 valence electrons. The van der Waals surface area contributed by atoms with Crippen LogP contribution in [-0.2, 0) is 4.74 Å². The number of ether oxygens (including phenoxy) is 2. The number of carbonyl (C=O) groups is 1. The molecule has 1 fully saturated rings. The fraction of sp³-hybridized carbons (Fsp3) is 0.556. The second-order valence-corrected chi connectivity index (χ2v) is 7.89. The van der Waals surface area contributed by atoms with Crippen molar-refractivity contribution in [2.75, 3.05) is 44.3 Å². The summed E-state index contributed by atoms with van der Waals surface area (Å²) in [5.74, 6) is -0.313. The minimum absolute atomic E-state index is 0. The molecular weight excluding hydrogens is 445 g/mol. The molecule has 1 aromatic heterocycles. The van der Waals surface area contributed by atoms with E-state index in [1.165, 1.54) is 23.1 Å². The summed E-state index contributed by atoms with van der Waals surface area (Å²) in [6.45, 7) is 7.66. The van der Waals surface area contributed by atoms with Crippen LogP contribution in [0.4, 0.5) is 23.1 Å². The predicted molar refractivity (Wildman–Crippen MR) is 112 cm³/mol. The van der Waals surface area contributed by atoms with E-state index in [1.807, 2.05) is 13.8 Å². The quantitative estimate of drug-likeness (QED) is 0.697. The van der Waals surface area contributed by atoms with Crippen molar-refractivity contribution in [3.63, 3.8) is 0 Å². The highest BCUT2D eigenvalue weighted by atomic mass is 35.5. The lowest BCUT2D eigenvalue weighted by Gasteiger charge is -2.29. The summed E-state index contributed by atoms with van der Waals surface area (Å²) < 4.78 is 47.2. The van der Waals surface area contributed by atoms with Gasteiger partial charge in [-0.05, 0) is 26.0 Å². The van der Waals surface area contributed by atoms with E-state index in [9.17, 15) is 18.0 Å². The van der Waals surface area contributed by atoms with Gasteiger partial charge in [-0.15, -0.1) is 25.6 Å². The first-order valence-electron chi connectivity index (χ1n) is 9.26. The first-order valence-corrected chi connectivity index (χ1v) is 10.1. The molecule has 1 aromatic carbocycles. The molecule has 1 N–H and O–H groups in total. The van der Waals surface area contributed by atoms with Crippen LogP contribution in [0.3, 0.4) is 0 Å². The molecule has 2 aromatic rings. The number of urea groups is 1. The summed E-state index contributed by atoms with van der Waals surface area (Å²) >= 11 is 1.15. The highest BCUT2D eigenvalue weighted by molar-refractivity contribution is 7.22. The topological polar surface area (TPSA) is 66.9 Å². The van der Waals surface area contributed by atoms with Gasteiger partial charge in [0.2, 0.25) is 0 Å². The maximum absolute atomic E-state index is 12.7. The van der Waals surface area contributed by atoms with Gasteiger partial charge >= 0.3 is 12.4 Å². The smallest absolute Gasteiger partial charge is 0.406 e. The summed E-state index contributed by atoms with van der Waals surface area (Å²) in [5, 5.41) is 3.28. The number of amides is 2. The SMILES string of the molecule is CC(C)NC(=O)N(CCN1CCOCC1)c1nc2ccc(OC(F)(F)F)cc2s1.Cl. The molecule has 0 bridgehead atoms. The summed E-state index contributed by atoms with van der Waals surface area (Å²) in [5.41, 5.74) is 0.508. The lowest BCUT2D eigenvalue weighted by Crippen LogP contribution is -2.47. The van der Waals surface area contributed by atoms with Crippen LogP contribution >= 0.6 is 23.7 Å². The van der Waals surface area contributed by atoms with Gasteiger partial charge in [0, 0.05) is 38.3 Å². The van der Waals surface area contributed by atoms with Crippen LogP contribution in [0.25, 0.3) is 10.2 Å². The number of halogens is 4. The number of hydrogen-bond donors (Lipinski definition) is 1. The average molecular weight is 469 g/mol. The van der Waals surface area contributed by atoms with Crippen molar-refractivity contribution in [2.45, 2.75) is 26.3 Å². The maximum Gasteiger partial charge on any atom is 0.573 e. The van der Waals surface area contributed by atoms with Gasteiger partial charge in [-0.2, -0.15) is 0 Å². The number of hydrogen-bond acceptors (Lipinski definition) is 6. The van der Waals surface area contributed by atoms with Crippen molar-refractivity contribution in [1.82, 2.24) is 15.2 Å². The first kappa shape index (κ1) is 24.4. The lowest BCUT2D eigenvalue weighted by molar-refractivity contribution is -0.274. The summed E-state index contributed by atoms with van der Waals surface area (Å²) in [7, 11) is 0. The van der Waals surface area contributed by atoms with Crippen molar-refractivity contribution in [3.05, 3.63) is 18.2 Å². The van der Waals surface area contributed by atoms with Crippen molar-refractivity contribution in [3.8, 4) is 5.75 Å². The van der Waals surface area contributed by atoms with Crippen molar-refractivity contribution >= 4 is 45.1 Å². The van der Waals surface area contributed by atoms with Gasteiger partial charge in [-0.1, -0.05) is 11.3 Å². The largest absolute Gasteiger partial charge is 0.573 e. The van der Waals surface area contributed by atoms with E-state index in [-0.39, 0.29) is 30.2 Å². The fourth-order valence-corrected chi connectivity index (χ4v) is 3.90. The van der Waals surface area contributed by atoms with Crippen LogP contribution in [0.2, 0.25) is 0 Å². The molecule has 0 saturated carbocycles. The molecule has 12 heteroatoms. The third-order valence-corrected chi connectivity index (χ3v) is 5.26. The molecular formula is C18H24ClF3N4O3S. The maximum atomic E-state index is 12.7. The number of rotatable bonds is 6. The number of aromatic nitrogens is 1. The monoisotopic (exact) mass is 468 g/mol. The molecule has 0 aliphatic carbocycles. The lowest BCUT2D eigenvalue weighted by atomic mass is 10.3. The molecule has 30 heavy (non-hydrogen) atoms. The molecule has 0 radical (unpaired) electrons.